The standard InChI is InChI=1S/C31H37N5O3/c1-6-24-17-35(18-26-28(39-24)9-8-14-32-26)16-23-15-22(11-10-19(23)3)29(21(5)31(37)38)25-12-13-27-30(20(25)4)33-34-36(27)7-2/h8-15,21,24,29H,6-7,16-18H2,1-5H3,(H,37,38)/t21?,24-,29?/m1/s1. The Balaban J connectivity index is 1.53. The van der Waals surface area contributed by atoms with Crippen LogP contribution in [0.1, 0.15) is 66.6 Å². The Kier molecular flexibility index (Phi) is 7.66. The number of hydrogen-bond donors (Lipinski definition) is 1. The highest BCUT2D eigenvalue weighted by molar-refractivity contribution is 5.81. The van der Waals surface area contributed by atoms with Crippen molar-refractivity contribution in [1.82, 2.24) is 24.9 Å². The summed E-state index contributed by atoms with van der Waals surface area (Å²) >= 11 is 0. The SMILES string of the molecule is CC[C@@H]1CN(Cc2cc(C(c3ccc4c(nnn4CC)c3C)C(C)C(=O)O)ccc2C)Cc2ncccc2O1. The number of pyridine rings is 1. The molecule has 3 heterocycles. The third-order valence-electron chi connectivity index (χ3n) is 8.07. The van der Waals surface area contributed by atoms with Gasteiger partial charge in [0.15, 0.2) is 0 Å². The van der Waals surface area contributed by atoms with Crippen molar-refractivity contribution in [2.24, 2.45) is 5.92 Å². The van der Waals surface area contributed by atoms with Crippen molar-refractivity contribution in [3.05, 3.63) is 82.2 Å². The molecule has 2 aromatic heterocycles. The molecule has 1 aliphatic rings. The van der Waals surface area contributed by atoms with Crippen molar-refractivity contribution in [2.45, 2.75) is 72.7 Å². The number of carboxylic acid groups (broad SMARTS) is 1. The third-order valence-corrected chi connectivity index (χ3v) is 8.07. The second-order valence-corrected chi connectivity index (χ2v) is 10.6. The topological polar surface area (TPSA) is 93.4 Å². The van der Waals surface area contributed by atoms with Crippen LogP contribution in [0, 0.1) is 19.8 Å². The maximum Gasteiger partial charge on any atom is 0.307 e. The lowest BCUT2D eigenvalue weighted by molar-refractivity contribution is -0.141. The van der Waals surface area contributed by atoms with Gasteiger partial charge < -0.3 is 9.84 Å². The lowest BCUT2D eigenvalue weighted by atomic mass is 9.79. The van der Waals surface area contributed by atoms with E-state index in [1.165, 1.54) is 11.1 Å². The molecule has 1 aliphatic heterocycles. The summed E-state index contributed by atoms with van der Waals surface area (Å²) in [6.45, 7) is 13.1. The Labute approximate surface area is 229 Å². The van der Waals surface area contributed by atoms with E-state index in [0.717, 1.165) is 65.2 Å². The van der Waals surface area contributed by atoms with Crippen molar-refractivity contribution in [3.63, 3.8) is 0 Å². The van der Waals surface area contributed by atoms with Gasteiger partial charge in [-0.1, -0.05) is 43.3 Å². The van der Waals surface area contributed by atoms with E-state index in [2.05, 4.69) is 58.3 Å². The molecule has 2 aromatic carbocycles. The number of fused-ring (bicyclic) bond motifs is 2. The van der Waals surface area contributed by atoms with Gasteiger partial charge in [-0.05, 0) is 73.2 Å². The normalized spacial score (nSPS) is 17.3. The minimum Gasteiger partial charge on any atom is -0.487 e. The first kappa shape index (κ1) is 26.8. The van der Waals surface area contributed by atoms with Gasteiger partial charge in [0.05, 0.1) is 17.1 Å². The van der Waals surface area contributed by atoms with Crippen LogP contribution in [0.2, 0.25) is 0 Å². The molecular formula is C31H37N5O3. The van der Waals surface area contributed by atoms with Gasteiger partial charge >= 0.3 is 5.97 Å². The van der Waals surface area contributed by atoms with Crippen LogP contribution in [0.4, 0.5) is 0 Å². The van der Waals surface area contributed by atoms with Crippen molar-refractivity contribution in [1.29, 1.82) is 0 Å². The lowest BCUT2D eigenvalue weighted by Crippen LogP contribution is -2.32. The molecule has 204 valence electrons. The number of carbonyl (C=O) groups is 1. The molecule has 5 rings (SSSR count). The quantitative estimate of drug-likeness (QED) is 0.324. The molecule has 0 fully saturated rings. The summed E-state index contributed by atoms with van der Waals surface area (Å²) in [4.78, 5) is 19.3. The molecule has 0 bridgehead atoms. The summed E-state index contributed by atoms with van der Waals surface area (Å²) in [6, 6.07) is 14.4. The average Bonchev–Trinajstić information content (AvgIpc) is 3.27. The maximum atomic E-state index is 12.3. The van der Waals surface area contributed by atoms with E-state index < -0.39 is 11.9 Å². The number of aliphatic carboxylic acids is 1. The van der Waals surface area contributed by atoms with E-state index in [9.17, 15) is 9.90 Å². The smallest absolute Gasteiger partial charge is 0.307 e. The minimum atomic E-state index is -0.822. The maximum absolute atomic E-state index is 12.3. The third kappa shape index (κ3) is 5.26. The first-order valence-corrected chi connectivity index (χ1v) is 13.8. The van der Waals surface area contributed by atoms with Crippen molar-refractivity contribution < 1.29 is 14.6 Å². The largest absolute Gasteiger partial charge is 0.487 e. The summed E-state index contributed by atoms with van der Waals surface area (Å²) < 4.78 is 8.13. The second kappa shape index (κ2) is 11.1. The van der Waals surface area contributed by atoms with Crippen LogP contribution in [-0.4, -0.2) is 48.6 Å². The number of carboxylic acids is 1. The molecule has 0 saturated heterocycles. The summed E-state index contributed by atoms with van der Waals surface area (Å²) in [7, 11) is 0. The van der Waals surface area contributed by atoms with Crippen molar-refractivity contribution in [2.75, 3.05) is 6.54 Å². The number of nitrogens with zero attached hydrogens (tertiary/aromatic N) is 5. The first-order valence-electron chi connectivity index (χ1n) is 13.8. The Morgan fingerprint density at radius 1 is 1.18 bits per heavy atom. The van der Waals surface area contributed by atoms with Crippen molar-refractivity contribution in [3.8, 4) is 5.75 Å². The van der Waals surface area contributed by atoms with Gasteiger partial charge in [-0.2, -0.15) is 0 Å². The van der Waals surface area contributed by atoms with E-state index >= 15 is 0 Å². The molecule has 0 spiro atoms. The van der Waals surface area contributed by atoms with Gasteiger partial charge in [0.25, 0.3) is 0 Å². The predicted octanol–water partition coefficient (Wildman–Crippen LogP) is 5.49. The molecule has 1 N–H and O–H groups in total. The van der Waals surface area contributed by atoms with Crippen LogP contribution < -0.4 is 4.74 Å². The molecule has 0 radical (unpaired) electrons. The Hall–Kier alpha value is -3.78. The van der Waals surface area contributed by atoms with Gasteiger partial charge in [-0.15, -0.1) is 5.10 Å². The fraction of sp³-hybridized carbons (Fsp3) is 0.419. The molecular weight excluding hydrogens is 490 g/mol. The van der Waals surface area contributed by atoms with Crippen molar-refractivity contribution >= 4 is 17.0 Å². The summed E-state index contributed by atoms with van der Waals surface area (Å²) in [5, 5.41) is 18.8. The van der Waals surface area contributed by atoms with E-state index in [-0.39, 0.29) is 12.0 Å². The van der Waals surface area contributed by atoms with Crippen LogP contribution in [0.3, 0.4) is 0 Å². The number of benzene rings is 2. The number of aromatic nitrogens is 4. The van der Waals surface area contributed by atoms with Gasteiger partial charge in [0.2, 0.25) is 0 Å². The van der Waals surface area contributed by atoms with Crippen LogP contribution >= 0.6 is 0 Å². The summed E-state index contributed by atoms with van der Waals surface area (Å²) in [6.07, 6.45) is 2.81. The molecule has 0 aliphatic carbocycles. The Morgan fingerprint density at radius 2 is 2.00 bits per heavy atom. The van der Waals surface area contributed by atoms with Crippen LogP contribution in [0.5, 0.6) is 5.75 Å². The Bertz CT molecular complexity index is 1500. The molecule has 4 aromatic rings. The van der Waals surface area contributed by atoms with Gasteiger partial charge in [-0.3, -0.25) is 14.7 Å². The van der Waals surface area contributed by atoms with Gasteiger partial charge in [0.1, 0.15) is 17.4 Å². The monoisotopic (exact) mass is 527 g/mol. The zero-order valence-corrected chi connectivity index (χ0v) is 23.4. The lowest BCUT2D eigenvalue weighted by Gasteiger charge is -2.27. The molecule has 8 nitrogen and oxygen atoms in total. The molecule has 0 amide bonds. The van der Waals surface area contributed by atoms with E-state index in [1.807, 2.05) is 42.9 Å². The number of ether oxygens (including phenoxy) is 1. The van der Waals surface area contributed by atoms with Crippen LogP contribution in [0.15, 0.2) is 48.7 Å². The van der Waals surface area contributed by atoms with Crippen LogP contribution in [0.25, 0.3) is 11.0 Å². The fourth-order valence-electron chi connectivity index (χ4n) is 5.69. The average molecular weight is 528 g/mol. The number of rotatable bonds is 8. The first-order chi connectivity index (χ1) is 18.8. The summed E-state index contributed by atoms with van der Waals surface area (Å²) in [5.41, 5.74) is 8.04. The second-order valence-electron chi connectivity index (χ2n) is 10.6. The number of hydrogen-bond acceptors (Lipinski definition) is 6. The fourth-order valence-corrected chi connectivity index (χ4v) is 5.69. The number of aryl methyl sites for hydroxylation is 3. The molecule has 0 saturated carbocycles. The Morgan fingerprint density at radius 3 is 2.74 bits per heavy atom. The van der Waals surface area contributed by atoms with Gasteiger partial charge in [-0.25, -0.2) is 4.68 Å². The van der Waals surface area contributed by atoms with Crippen LogP contribution in [-0.2, 0) is 24.4 Å². The van der Waals surface area contributed by atoms with E-state index in [4.69, 9.17) is 4.74 Å². The zero-order valence-electron chi connectivity index (χ0n) is 23.4. The highest BCUT2D eigenvalue weighted by atomic mass is 16.5. The summed E-state index contributed by atoms with van der Waals surface area (Å²) in [5.74, 6) is -0.906. The van der Waals surface area contributed by atoms with E-state index in [0.29, 0.717) is 6.54 Å². The molecule has 3 atom stereocenters. The van der Waals surface area contributed by atoms with E-state index in [1.54, 1.807) is 6.92 Å². The highest BCUT2D eigenvalue weighted by Crippen LogP contribution is 2.37. The zero-order chi connectivity index (χ0) is 27.7. The predicted molar refractivity (Wildman–Crippen MR) is 151 cm³/mol. The minimum absolute atomic E-state index is 0.0876. The highest BCUT2D eigenvalue weighted by Gasteiger charge is 2.30. The molecule has 39 heavy (non-hydrogen) atoms. The molecule has 8 heteroatoms. The molecule has 2 unspecified atom stereocenters. The van der Waals surface area contributed by atoms with Gasteiger partial charge in [0, 0.05) is 38.3 Å².